The van der Waals surface area contributed by atoms with Crippen molar-refractivity contribution < 1.29 is 27.0 Å². The summed E-state index contributed by atoms with van der Waals surface area (Å²) in [6, 6.07) is 6.95. The quantitative estimate of drug-likeness (QED) is 0.289. The van der Waals surface area contributed by atoms with Crippen LogP contribution in [0.25, 0.3) is 21.3 Å². The molecule has 0 aliphatic carbocycles. The summed E-state index contributed by atoms with van der Waals surface area (Å²) in [5, 5.41) is 6.33. The summed E-state index contributed by atoms with van der Waals surface area (Å²) in [5.41, 5.74) is 0.763. The van der Waals surface area contributed by atoms with E-state index in [0.717, 1.165) is 32.1 Å². The van der Waals surface area contributed by atoms with Crippen molar-refractivity contribution in [2.75, 3.05) is 13.2 Å². The second kappa shape index (κ2) is 8.50. The third kappa shape index (κ3) is 4.61. The van der Waals surface area contributed by atoms with Gasteiger partial charge in [0.1, 0.15) is 22.7 Å². The molecule has 162 valence electrons. The Morgan fingerprint density at radius 2 is 1.81 bits per heavy atom. The first-order valence-corrected chi connectivity index (χ1v) is 10.1. The topological polar surface area (TPSA) is 62.1 Å². The van der Waals surface area contributed by atoms with Crippen LogP contribution in [0.2, 0.25) is 0 Å². The lowest BCUT2D eigenvalue weighted by Gasteiger charge is -2.08. The first-order valence-electron chi connectivity index (χ1n) is 9.18. The maximum absolute atomic E-state index is 13.2. The molecule has 0 radical (unpaired) electrons. The minimum Gasteiger partial charge on any atom is -0.477 e. The molecule has 4 aromatic rings. The molecule has 0 atom stereocenters. The van der Waals surface area contributed by atoms with Gasteiger partial charge in [-0.2, -0.15) is 13.2 Å². The molecule has 0 unspecified atom stereocenters. The van der Waals surface area contributed by atoms with Crippen LogP contribution in [-0.2, 0) is 13.2 Å². The van der Waals surface area contributed by atoms with Gasteiger partial charge in [-0.15, -0.1) is 16.4 Å². The van der Waals surface area contributed by atoms with Crippen molar-refractivity contribution in [3.8, 4) is 22.9 Å². The van der Waals surface area contributed by atoms with E-state index in [1.54, 1.807) is 12.1 Å². The molecule has 31 heavy (non-hydrogen) atoms. The van der Waals surface area contributed by atoms with Gasteiger partial charge in [0.15, 0.2) is 0 Å². The molecule has 0 N–H and O–H groups in total. The first-order chi connectivity index (χ1) is 14.8. The monoisotopic (exact) mass is 452 g/mol. The van der Waals surface area contributed by atoms with E-state index >= 15 is 0 Å². The fourth-order valence-corrected chi connectivity index (χ4v) is 3.89. The zero-order valence-corrected chi connectivity index (χ0v) is 17.0. The molecule has 3 heterocycles. The molecule has 1 aromatic carbocycles. The van der Waals surface area contributed by atoms with Crippen LogP contribution in [0.3, 0.4) is 0 Å². The van der Waals surface area contributed by atoms with E-state index in [0.29, 0.717) is 12.3 Å². The zero-order valence-electron chi connectivity index (χ0n) is 16.2. The summed E-state index contributed by atoms with van der Waals surface area (Å²) in [6.45, 7) is 0.348. The number of benzene rings is 1. The van der Waals surface area contributed by atoms with Crippen LogP contribution < -0.4 is 9.47 Å². The number of thiophene rings is 1. The Bertz CT molecular complexity index is 1190. The number of halogens is 4. The van der Waals surface area contributed by atoms with Gasteiger partial charge >= 0.3 is 6.18 Å². The van der Waals surface area contributed by atoms with Gasteiger partial charge in [-0.1, -0.05) is 12.1 Å². The molecular formula is C20H16F4N4O2S. The first kappa shape index (κ1) is 21.0. The third-order valence-corrected chi connectivity index (χ3v) is 5.30. The number of aryl methyl sites for hydroxylation is 1. The number of hydrogen-bond acceptors (Lipinski definition) is 6. The van der Waals surface area contributed by atoms with Crippen LogP contribution in [0.4, 0.5) is 17.6 Å². The molecule has 0 saturated heterocycles. The molecule has 0 fully saturated rings. The summed E-state index contributed by atoms with van der Waals surface area (Å²) in [4.78, 5) is 9.17. The number of ether oxygens (including phenoxy) is 2. The highest BCUT2D eigenvalue weighted by Gasteiger charge is 2.35. The van der Waals surface area contributed by atoms with Gasteiger partial charge in [0.2, 0.25) is 11.8 Å². The van der Waals surface area contributed by atoms with Gasteiger partial charge in [-0.05, 0) is 17.7 Å². The standard InChI is InChI=1S/C20H16F4N4O2S/c1-28-15(20(22,23)24)9-16(27-28)29-7-2-8-30-18-17-14(10-31-19(17)26-11-25-18)12-3-5-13(21)6-4-12/h3-6,9-11H,2,7-8H2,1H3. The lowest BCUT2D eigenvalue weighted by molar-refractivity contribution is -0.143. The van der Waals surface area contributed by atoms with E-state index < -0.39 is 11.9 Å². The number of nitrogens with zero attached hydrogens (tertiary/aromatic N) is 4. The number of fused-ring (bicyclic) bond motifs is 1. The largest absolute Gasteiger partial charge is 0.477 e. The molecule has 0 spiro atoms. The fourth-order valence-electron chi connectivity index (χ4n) is 2.98. The molecule has 0 aliphatic rings. The average molecular weight is 452 g/mol. The van der Waals surface area contributed by atoms with Crippen molar-refractivity contribution in [1.29, 1.82) is 0 Å². The smallest absolute Gasteiger partial charge is 0.433 e. The molecule has 11 heteroatoms. The molecule has 3 aromatic heterocycles. The van der Waals surface area contributed by atoms with Crippen LogP contribution in [0.15, 0.2) is 42.0 Å². The Morgan fingerprint density at radius 1 is 1.06 bits per heavy atom. The van der Waals surface area contributed by atoms with Crippen LogP contribution >= 0.6 is 11.3 Å². The Morgan fingerprint density at radius 3 is 2.52 bits per heavy atom. The summed E-state index contributed by atoms with van der Waals surface area (Å²) in [5.74, 6) is -0.0512. The van der Waals surface area contributed by atoms with Crippen molar-refractivity contribution in [2.45, 2.75) is 12.6 Å². The molecule has 6 nitrogen and oxygen atoms in total. The van der Waals surface area contributed by atoms with Crippen molar-refractivity contribution in [3.05, 3.63) is 53.6 Å². The van der Waals surface area contributed by atoms with Gasteiger partial charge in [-0.25, -0.2) is 14.4 Å². The Hall–Kier alpha value is -3.21. The van der Waals surface area contributed by atoms with E-state index in [9.17, 15) is 17.6 Å². The Balaban J connectivity index is 1.40. The van der Waals surface area contributed by atoms with Gasteiger partial charge in [0.25, 0.3) is 0 Å². The van der Waals surface area contributed by atoms with E-state index in [-0.39, 0.29) is 24.9 Å². The van der Waals surface area contributed by atoms with Crippen LogP contribution in [0.5, 0.6) is 11.8 Å². The zero-order chi connectivity index (χ0) is 22.0. The van der Waals surface area contributed by atoms with Crippen LogP contribution in [0.1, 0.15) is 12.1 Å². The maximum atomic E-state index is 13.2. The summed E-state index contributed by atoms with van der Waals surface area (Å²) >= 11 is 1.42. The maximum Gasteiger partial charge on any atom is 0.433 e. The van der Waals surface area contributed by atoms with Gasteiger partial charge in [0.05, 0.1) is 18.6 Å². The highest BCUT2D eigenvalue weighted by atomic mass is 32.1. The number of aromatic nitrogens is 4. The second-order valence-corrected chi connectivity index (χ2v) is 7.41. The fraction of sp³-hybridized carbons (Fsp3) is 0.250. The average Bonchev–Trinajstić information content (AvgIpc) is 3.32. The Kier molecular flexibility index (Phi) is 5.77. The van der Waals surface area contributed by atoms with E-state index in [2.05, 4.69) is 15.1 Å². The number of rotatable bonds is 7. The lowest BCUT2D eigenvalue weighted by Crippen LogP contribution is -2.11. The van der Waals surface area contributed by atoms with Gasteiger partial charge in [-0.3, -0.25) is 4.68 Å². The van der Waals surface area contributed by atoms with E-state index in [4.69, 9.17) is 9.47 Å². The molecule has 0 amide bonds. The van der Waals surface area contributed by atoms with E-state index in [1.807, 2.05) is 5.38 Å². The summed E-state index contributed by atoms with van der Waals surface area (Å²) < 4.78 is 63.5. The number of hydrogen-bond donors (Lipinski definition) is 0. The molecule has 0 aliphatic heterocycles. The summed E-state index contributed by atoms with van der Waals surface area (Å²) in [7, 11) is 1.21. The third-order valence-electron chi connectivity index (χ3n) is 4.42. The van der Waals surface area contributed by atoms with Crippen molar-refractivity contribution in [2.24, 2.45) is 7.05 Å². The minimum absolute atomic E-state index is 0.101. The number of alkyl halides is 3. The molecule has 0 saturated carbocycles. The molecular weight excluding hydrogens is 436 g/mol. The highest BCUT2D eigenvalue weighted by Crippen LogP contribution is 2.37. The lowest BCUT2D eigenvalue weighted by atomic mass is 10.1. The van der Waals surface area contributed by atoms with E-state index in [1.165, 1.54) is 36.8 Å². The van der Waals surface area contributed by atoms with Crippen molar-refractivity contribution >= 4 is 21.6 Å². The van der Waals surface area contributed by atoms with Gasteiger partial charge in [0, 0.05) is 30.5 Å². The van der Waals surface area contributed by atoms with Crippen molar-refractivity contribution in [3.63, 3.8) is 0 Å². The molecule has 4 rings (SSSR count). The summed E-state index contributed by atoms with van der Waals surface area (Å²) in [6.07, 6.45) is -2.70. The minimum atomic E-state index is -4.49. The Labute approximate surface area is 178 Å². The van der Waals surface area contributed by atoms with Crippen molar-refractivity contribution in [1.82, 2.24) is 19.7 Å². The molecule has 0 bridgehead atoms. The highest BCUT2D eigenvalue weighted by molar-refractivity contribution is 7.17. The normalized spacial score (nSPS) is 11.8. The van der Waals surface area contributed by atoms with Gasteiger partial charge < -0.3 is 9.47 Å². The second-order valence-electron chi connectivity index (χ2n) is 6.55. The SMILES string of the molecule is Cn1nc(OCCCOc2ncnc3scc(-c4ccc(F)cc4)c23)cc1C(F)(F)F. The van der Waals surface area contributed by atoms with Crippen LogP contribution in [-0.4, -0.2) is 33.0 Å². The van der Waals surface area contributed by atoms with Crippen LogP contribution in [0, 0.1) is 5.82 Å². The predicted molar refractivity (Wildman–Crippen MR) is 107 cm³/mol. The predicted octanol–water partition coefficient (Wildman–Crippen LogP) is 5.10.